The van der Waals surface area contributed by atoms with E-state index in [4.69, 9.17) is 4.74 Å². The number of ether oxygens (including phenoxy) is 1. The second-order valence-electron chi connectivity index (χ2n) is 5.77. The topological polar surface area (TPSA) is 54.5 Å². The van der Waals surface area contributed by atoms with Crippen molar-refractivity contribution >= 4 is 17.6 Å². The number of piperidine rings is 1. The number of carbonyl (C=O) groups is 1. The average Bonchev–Trinajstić information content (AvgIpc) is 2.58. The van der Waals surface area contributed by atoms with E-state index >= 15 is 0 Å². The Hall–Kier alpha value is -2.56. The van der Waals surface area contributed by atoms with Gasteiger partial charge in [0, 0.05) is 37.8 Å². The molecule has 1 amide bonds. The molecule has 0 bridgehead atoms. The van der Waals surface area contributed by atoms with Crippen molar-refractivity contribution in [3.05, 3.63) is 54.2 Å². The molecule has 3 rings (SSSR count). The van der Waals surface area contributed by atoms with E-state index < -0.39 is 6.09 Å². The highest BCUT2D eigenvalue weighted by Crippen LogP contribution is 2.21. The van der Waals surface area contributed by atoms with Gasteiger partial charge in [0.2, 0.25) is 0 Å². The number of hydrogen-bond acceptors (Lipinski definition) is 4. The molecule has 2 heterocycles. The highest BCUT2D eigenvalue weighted by molar-refractivity contribution is 5.83. The fraction of sp³-hybridized carbons (Fsp3) is 0.333. The zero-order valence-electron chi connectivity index (χ0n) is 13.2. The minimum atomic E-state index is -0.431. The summed E-state index contributed by atoms with van der Waals surface area (Å²) in [6, 6.07) is 14.0. The molecular formula is C18H21N3O2. The number of pyridine rings is 1. The summed E-state index contributed by atoms with van der Waals surface area (Å²) in [4.78, 5) is 18.4. The largest absolute Gasteiger partial charge is 0.446 e. The van der Waals surface area contributed by atoms with Gasteiger partial charge in [-0.2, -0.15) is 0 Å². The summed E-state index contributed by atoms with van der Waals surface area (Å²) in [6.45, 7) is 3.74. The normalized spacial score (nSPS) is 15.3. The number of hydrogen-bond donors (Lipinski definition) is 1. The van der Waals surface area contributed by atoms with Crippen LogP contribution in [0.4, 0.5) is 16.3 Å². The Morgan fingerprint density at radius 1 is 1.17 bits per heavy atom. The number of para-hydroxylation sites is 1. The second kappa shape index (κ2) is 7.13. The monoisotopic (exact) mass is 311 g/mol. The maximum Gasteiger partial charge on any atom is 0.413 e. The summed E-state index contributed by atoms with van der Waals surface area (Å²) in [6.07, 6.45) is 2.92. The Morgan fingerprint density at radius 2 is 1.91 bits per heavy atom. The molecule has 0 saturated carbocycles. The van der Waals surface area contributed by atoms with E-state index in [-0.39, 0.29) is 6.10 Å². The van der Waals surface area contributed by atoms with Crippen molar-refractivity contribution in [2.24, 2.45) is 0 Å². The highest BCUT2D eigenvalue weighted by Gasteiger charge is 2.22. The van der Waals surface area contributed by atoms with E-state index in [0.717, 1.165) is 31.5 Å². The molecule has 1 N–H and O–H groups in total. The molecular weight excluding hydrogens is 290 g/mol. The Labute approximate surface area is 136 Å². The molecule has 1 aliphatic heterocycles. The van der Waals surface area contributed by atoms with Crippen LogP contribution in [0.1, 0.15) is 18.4 Å². The van der Waals surface area contributed by atoms with Crippen molar-refractivity contribution in [2.75, 3.05) is 23.3 Å². The first-order chi connectivity index (χ1) is 11.2. The van der Waals surface area contributed by atoms with Crippen LogP contribution < -0.4 is 10.2 Å². The first kappa shape index (κ1) is 15.3. The first-order valence-electron chi connectivity index (χ1n) is 7.91. The van der Waals surface area contributed by atoms with Crippen LogP contribution >= 0.6 is 0 Å². The number of carbonyl (C=O) groups excluding carboxylic acids is 1. The van der Waals surface area contributed by atoms with Crippen molar-refractivity contribution in [1.82, 2.24) is 4.98 Å². The maximum atomic E-state index is 11.9. The third kappa shape index (κ3) is 4.22. The molecule has 1 aromatic heterocycles. The Morgan fingerprint density at radius 3 is 2.57 bits per heavy atom. The van der Waals surface area contributed by atoms with Crippen molar-refractivity contribution in [3.8, 4) is 0 Å². The number of aryl methyl sites for hydroxylation is 1. The van der Waals surface area contributed by atoms with Gasteiger partial charge in [-0.3, -0.25) is 5.32 Å². The molecule has 0 radical (unpaired) electrons. The smallest absolute Gasteiger partial charge is 0.413 e. The van der Waals surface area contributed by atoms with E-state index in [1.165, 1.54) is 5.69 Å². The highest BCUT2D eigenvalue weighted by atomic mass is 16.6. The number of aromatic nitrogens is 1. The predicted molar refractivity (Wildman–Crippen MR) is 90.8 cm³/mol. The van der Waals surface area contributed by atoms with Crippen molar-refractivity contribution in [2.45, 2.75) is 25.9 Å². The molecule has 23 heavy (non-hydrogen) atoms. The molecule has 0 spiro atoms. The predicted octanol–water partition coefficient (Wildman–Crippen LogP) is 3.61. The molecule has 1 aromatic carbocycles. The molecule has 1 saturated heterocycles. The molecule has 1 aliphatic rings. The zero-order chi connectivity index (χ0) is 16.1. The number of nitrogens with one attached hydrogen (secondary N) is 1. The molecule has 2 aromatic rings. The quantitative estimate of drug-likeness (QED) is 0.941. The van der Waals surface area contributed by atoms with Gasteiger partial charge < -0.3 is 9.64 Å². The van der Waals surface area contributed by atoms with Crippen molar-refractivity contribution < 1.29 is 9.53 Å². The minimum Gasteiger partial charge on any atom is -0.446 e. The Bertz CT molecular complexity index is 635. The Balaban J connectivity index is 1.47. The minimum absolute atomic E-state index is 0.0413. The first-order valence-corrected chi connectivity index (χ1v) is 7.91. The summed E-state index contributed by atoms with van der Waals surface area (Å²) < 4.78 is 5.49. The van der Waals surface area contributed by atoms with E-state index in [1.54, 1.807) is 12.3 Å². The molecule has 5 heteroatoms. The molecule has 0 atom stereocenters. The van der Waals surface area contributed by atoms with E-state index in [0.29, 0.717) is 5.82 Å². The molecule has 1 fully saturated rings. The van der Waals surface area contributed by atoms with E-state index in [9.17, 15) is 4.79 Å². The van der Waals surface area contributed by atoms with Gasteiger partial charge in [-0.1, -0.05) is 24.3 Å². The zero-order valence-corrected chi connectivity index (χ0v) is 13.2. The lowest BCUT2D eigenvalue weighted by Gasteiger charge is -2.33. The third-order valence-electron chi connectivity index (χ3n) is 3.98. The van der Waals surface area contributed by atoms with Crippen molar-refractivity contribution in [1.29, 1.82) is 0 Å². The van der Waals surface area contributed by atoms with Crippen LogP contribution in [-0.2, 0) is 4.74 Å². The van der Waals surface area contributed by atoms with Crippen LogP contribution in [0.15, 0.2) is 48.7 Å². The van der Waals surface area contributed by atoms with E-state index in [2.05, 4.69) is 27.3 Å². The summed E-state index contributed by atoms with van der Waals surface area (Å²) in [5, 5.41) is 2.67. The SMILES string of the molecule is Cc1ccc(NC(=O)OC2CCN(c3ccccc3)CC2)nc1. The van der Waals surface area contributed by atoms with Gasteiger partial charge in [-0.05, 0) is 30.7 Å². The maximum absolute atomic E-state index is 11.9. The van der Waals surface area contributed by atoms with Gasteiger partial charge in [-0.15, -0.1) is 0 Å². The number of rotatable bonds is 3. The summed E-state index contributed by atoms with van der Waals surface area (Å²) >= 11 is 0. The van der Waals surface area contributed by atoms with Crippen LogP contribution in [0.5, 0.6) is 0 Å². The van der Waals surface area contributed by atoms with Crippen LogP contribution in [-0.4, -0.2) is 30.3 Å². The lowest BCUT2D eigenvalue weighted by Crippen LogP contribution is -2.38. The average molecular weight is 311 g/mol. The number of amides is 1. The Kier molecular flexibility index (Phi) is 4.76. The van der Waals surface area contributed by atoms with Crippen LogP contribution in [0.25, 0.3) is 0 Å². The van der Waals surface area contributed by atoms with Gasteiger partial charge in [-0.25, -0.2) is 9.78 Å². The summed E-state index contributed by atoms with van der Waals surface area (Å²) in [7, 11) is 0. The lowest BCUT2D eigenvalue weighted by molar-refractivity contribution is 0.0950. The molecule has 120 valence electrons. The van der Waals surface area contributed by atoms with Crippen LogP contribution in [0, 0.1) is 6.92 Å². The van der Waals surface area contributed by atoms with Gasteiger partial charge in [0.15, 0.2) is 0 Å². The standard InChI is InChI=1S/C18H21N3O2/c1-14-7-8-17(19-13-14)20-18(22)23-16-9-11-21(12-10-16)15-5-3-2-4-6-15/h2-8,13,16H,9-12H2,1H3,(H,19,20,22). The van der Waals surface area contributed by atoms with Gasteiger partial charge in [0.25, 0.3) is 0 Å². The number of benzene rings is 1. The number of anilines is 2. The second-order valence-corrected chi connectivity index (χ2v) is 5.77. The molecule has 5 nitrogen and oxygen atoms in total. The van der Waals surface area contributed by atoms with Crippen molar-refractivity contribution in [3.63, 3.8) is 0 Å². The van der Waals surface area contributed by atoms with Gasteiger partial charge in [0.05, 0.1) is 0 Å². The third-order valence-corrected chi connectivity index (χ3v) is 3.98. The molecule has 0 aliphatic carbocycles. The van der Waals surface area contributed by atoms with Crippen LogP contribution in [0.3, 0.4) is 0 Å². The number of nitrogens with zero attached hydrogens (tertiary/aromatic N) is 2. The summed E-state index contributed by atoms with van der Waals surface area (Å²) in [5.41, 5.74) is 2.27. The fourth-order valence-electron chi connectivity index (χ4n) is 2.70. The van der Waals surface area contributed by atoms with E-state index in [1.807, 2.05) is 31.2 Å². The summed E-state index contributed by atoms with van der Waals surface area (Å²) in [5.74, 6) is 0.516. The lowest BCUT2D eigenvalue weighted by atomic mass is 10.1. The molecule has 0 unspecified atom stereocenters. The van der Waals surface area contributed by atoms with Gasteiger partial charge in [0.1, 0.15) is 11.9 Å². The van der Waals surface area contributed by atoms with Gasteiger partial charge >= 0.3 is 6.09 Å². The van der Waals surface area contributed by atoms with Crippen LogP contribution in [0.2, 0.25) is 0 Å². The fourth-order valence-corrected chi connectivity index (χ4v) is 2.70.